The molecule has 132 valence electrons. The Hall–Kier alpha value is -1.34. The number of hydrogen-bond acceptors (Lipinski definition) is 5. The van der Waals surface area contributed by atoms with Gasteiger partial charge in [0.05, 0.1) is 24.2 Å². The lowest BCUT2D eigenvalue weighted by Crippen LogP contribution is -2.68. The Morgan fingerprint density at radius 2 is 2.08 bits per heavy atom. The molecule has 3 aliphatic rings. The molecule has 1 atom stereocenters. The van der Waals surface area contributed by atoms with Crippen molar-refractivity contribution in [2.75, 3.05) is 32.1 Å². The summed E-state index contributed by atoms with van der Waals surface area (Å²) in [5.41, 5.74) is 0.516. The van der Waals surface area contributed by atoms with Crippen molar-refractivity contribution in [3.63, 3.8) is 0 Å². The highest BCUT2D eigenvalue weighted by Gasteiger charge is 2.62. The number of carbonyl (C=O) groups excluding carboxylic acids is 1. The summed E-state index contributed by atoms with van der Waals surface area (Å²) in [5, 5.41) is 0. The summed E-state index contributed by atoms with van der Waals surface area (Å²) in [6, 6.07) is 1.64. The van der Waals surface area contributed by atoms with Gasteiger partial charge in [0.25, 0.3) is 5.91 Å². The van der Waals surface area contributed by atoms with Crippen molar-refractivity contribution >= 4 is 15.7 Å². The first-order valence-electron chi connectivity index (χ1n) is 8.56. The summed E-state index contributed by atoms with van der Waals surface area (Å²) in [4.78, 5) is 14.1. The predicted molar refractivity (Wildman–Crippen MR) is 87.5 cm³/mol. The van der Waals surface area contributed by atoms with Crippen molar-refractivity contribution < 1.29 is 22.4 Å². The number of aryl methyl sites for hydroxylation is 1. The number of amides is 1. The average molecular weight is 353 g/mol. The lowest BCUT2D eigenvalue weighted by Gasteiger charge is -2.49. The molecule has 3 fully saturated rings. The molecule has 2 saturated heterocycles. The molecule has 0 radical (unpaired) electrons. The summed E-state index contributed by atoms with van der Waals surface area (Å²) in [6.07, 6.45) is 4.57. The van der Waals surface area contributed by atoms with E-state index in [9.17, 15) is 13.2 Å². The first kappa shape index (κ1) is 16.1. The summed E-state index contributed by atoms with van der Waals surface area (Å²) in [5.74, 6) is 1.29. The largest absolute Gasteiger partial charge is 0.469 e. The zero-order chi connectivity index (χ0) is 16.9. The van der Waals surface area contributed by atoms with Crippen LogP contribution in [0.25, 0.3) is 0 Å². The molecule has 1 aromatic heterocycles. The van der Waals surface area contributed by atoms with Crippen molar-refractivity contribution in [2.45, 2.75) is 30.9 Å². The van der Waals surface area contributed by atoms with Crippen LogP contribution in [0.15, 0.2) is 16.7 Å². The van der Waals surface area contributed by atoms with Crippen molar-refractivity contribution in [1.82, 2.24) is 4.90 Å². The molecule has 24 heavy (non-hydrogen) atoms. The maximum atomic E-state index is 12.6. The molecular weight excluding hydrogens is 330 g/mol. The van der Waals surface area contributed by atoms with Gasteiger partial charge >= 0.3 is 0 Å². The summed E-state index contributed by atoms with van der Waals surface area (Å²) in [6.45, 7) is 3.52. The van der Waals surface area contributed by atoms with Gasteiger partial charge in [-0.25, -0.2) is 8.42 Å². The van der Waals surface area contributed by atoms with Crippen molar-refractivity contribution in [3.8, 4) is 0 Å². The molecule has 1 saturated carbocycles. The van der Waals surface area contributed by atoms with Gasteiger partial charge in [0.2, 0.25) is 0 Å². The standard InChI is InChI=1S/C17H23NO5S/c1-12-15(4-6-23-12)16(19)18-10-17(11-18)14(5-7-24(17,20)21)9-22-8-13-2-3-13/h4,6,13-14H,2-3,5,7-11H2,1H3/t14-/m0/s1. The maximum Gasteiger partial charge on any atom is 0.257 e. The van der Waals surface area contributed by atoms with E-state index in [4.69, 9.17) is 9.15 Å². The SMILES string of the molecule is Cc1occc1C(=O)N1CC2(C1)[C@H](COCC1CC1)CCS2(=O)=O. The van der Waals surface area contributed by atoms with Crippen LogP contribution in [-0.2, 0) is 14.6 Å². The van der Waals surface area contributed by atoms with Gasteiger partial charge in [0.15, 0.2) is 9.84 Å². The lowest BCUT2D eigenvalue weighted by atomic mass is 9.83. The highest BCUT2D eigenvalue weighted by Crippen LogP contribution is 2.45. The van der Waals surface area contributed by atoms with Crippen LogP contribution < -0.4 is 0 Å². The first-order valence-corrected chi connectivity index (χ1v) is 10.2. The Labute approximate surface area is 142 Å². The smallest absolute Gasteiger partial charge is 0.257 e. The van der Waals surface area contributed by atoms with Crippen LogP contribution in [0.3, 0.4) is 0 Å². The highest BCUT2D eigenvalue weighted by molar-refractivity contribution is 7.93. The maximum absolute atomic E-state index is 12.6. The minimum absolute atomic E-state index is 0.00394. The van der Waals surface area contributed by atoms with E-state index < -0.39 is 14.6 Å². The van der Waals surface area contributed by atoms with E-state index >= 15 is 0 Å². The number of sulfone groups is 1. The Balaban J connectivity index is 1.44. The zero-order valence-corrected chi connectivity index (χ0v) is 14.7. The van der Waals surface area contributed by atoms with Crippen molar-refractivity contribution in [1.29, 1.82) is 0 Å². The van der Waals surface area contributed by atoms with E-state index in [-0.39, 0.29) is 30.7 Å². The third kappa shape index (κ3) is 2.49. The van der Waals surface area contributed by atoms with Crippen LogP contribution in [0, 0.1) is 18.8 Å². The quantitative estimate of drug-likeness (QED) is 0.804. The Kier molecular flexibility index (Phi) is 3.76. The molecule has 1 spiro atoms. The van der Waals surface area contributed by atoms with Gasteiger partial charge in [-0.2, -0.15) is 0 Å². The Morgan fingerprint density at radius 1 is 1.33 bits per heavy atom. The van der Waals surface area contributed by atoms with Crippen LogP contribution in [0.5, 0.6) is 0 Å². The van der Waals surface area contributed by atoms with Crippen LogP contribution in [0.2, 0.25) is 0 Å². The van der Waals surface area contributed by atoms with Gasteiger partial charge in [-0.15, -0.1) is 0 Å². The number of carbonyl (C=O) groups is 1. The van der Waals surface area contributed by atoms with Gasteiger partial charge < -0.3 is 14.1 Å². The molecule has 2 aliphatic heterocycles. The van der Waals surface area contributed by atoms with E-state index in [2.05, 4.69) is 0 Å². The Bertz CT molecular complexity index is 743. The van der Waals surface area contributed by atoms with Crippen molar-refractivity contribution in [3.05, 3.63) is 23.7 Å². The second-order valence-electron chi connectivity index (χ2n) is 7.40. The average Bonchev–Trinajstić information content (AvgIpc) is 3.14. The Morgan fingerprint density at radius 3 is 2.71 bits per heavy atom. The van der Waals surface area contributed by atoms with E-state index in [1.165, 1.54) is 19.1 Å². The molecule has 6 nitrogen and oxygen atoms in total. The van der Waals surface area contributed by atoms with Gasteiger partial charge in [-0.3, -0.25) is 4.79 Å². The summed E-state index contributed by atoms with van der Waals surface area (Å²) >= 11 is 0. The molecule has 0 bridgehead atoms. The highest BCUT2D eigenvalue weighted by atomic mass is 32.2. The summed E-state index contributed by atoms with van der Waals surface area (Å²) in [7, 11) is -3.18. The van der Waals surface area contributed by atoms with Crippen LogP contribution >= 0.6 is 0 Å². The van der Waals surface area contributed by atoms with Gasteiger partial charge in [-0.05, 0) is 38.2 Å². The molecule has 4 rings (SSSR count). The molecule has 0 aromatic carbocycles. The third-order valence-electron chi connectivity index (χ3n) is 5.76. The molecular formula is C17H23NO5S. The van der Waals surface area contributed by atoms with Gasteiger partial charge in [0.1, 0.15) is 10.5 Å². The minimum Gasteiger partial charge on any atom is -0.469 e. The number of hydrogen-bond donors (Lipinski definition) is 0. The minimum atomic E-state index is -3.18. The number of furan rings is 1. The van der Waals surface area contributed by atoms with Gasteiger partial charge in [-0.1, -0.05) is 0 Å². The number of ether oxygens (including phenoxy) is 1. The molecule has 3 heterocycles. The number of likely N-dealkylation sites (tertiary alicyclic amines) is 1. The second-order valence-corrected chi connectivity index (χ2v) is 9.85. The number of rotatable bonds is 5. The monoisotopic (exact) mass is 353 g/mol. The molecule has 1 aromatic rings. The van der Waals surface area contributed by atoms with E-state index in [1.54, 1.807) is 17.9 Å². The lowest BCUT2D eigenvalue weighted by molar-refractivity contribution is 0.0227. The molecule has 1 amide bonds. The third-order valence-corrected chi connectivity index (χ3v) is 8.36. The number of nitrogens with zero attached hydrogens (tertiary/aromatic N) is 1. The normalized spacial score (nSPS) is 27.4. The van der Waals surface area contributed by atoms with Crippen LogP contribution in [0.1, 0.15) is 35.4 Å². The van der Waals surface area contributed by atoms with Crippen LogP contribution in [0.4, 0.5) is 0 Å². The topological polar surface area (TPSA) is 76.8 Å². The zero-order valence-electron chi connectivity index (χ0n) is 13.9. The molecule has 1 aliphatic carbocycles. The molecule has 0 unspecified atom stereocenters. The van der Waals surface area contributed by atoms with Crippen molar-refractivity contribution in [2.24, 2.45) is 11.8 Å². The molecule has 7 heteroatoms. The van der Waals surface area contributed by atoms with Gasteiger partial charge in [0, 0.05) is 25.6 Å². The van der Waals surface area contributed by atoms with E-state index in [1.807, 2.05) is 0 Å². The fraction of sp³-hybridized carbons (Fsp3) is 0.706. The van der Waals surface area contributed by atoms with E-state index in [0.717, 1.165) is 6.61 Å². The molecule has 0 N–H and O–H groups in total. The fourth-order valence-corrected chi connectivity index (χ4v) is 6.29. The van der Waals surface area contributed by atoms with Crippen LogP contribution in [-0.4, -0.2) is 56.0 Å². The van der Waals surface area contributed by atoms with E-state index in [0.29, 0.717) is 30.3 Å². The summed E-state index contributed by atoms with van der Waals surface area (Å²) < 4.78 is 35.3. The second kappa shape index (κ2) is 5.59. The predicted octanol–water partition coefficient (Wildman–Crippen LogP) is 1.64. The fourth-order valence-electron chi connectivity index (χ4n) is 3.89. The first-order chi connectivity index (χ1) is 11.4.